The second-order valence-electron chi connectivity index (χ2n) is 5.93. The van der Waals surface area contributed by atoms with E-state index in [4.69, 9.17) is 18.6 Å². The fourth-order valence-corrected chi connectivity index (χ4v) is 2.99. The third-order valence-corrected chi connectivity index (χ3v) is 4.28. The Hall–Kier alpha value is -3.42. The van der Waals surface area contributed by atoms with Crippen LogP contribution in [-0.2, 0) is 12.8 Å². The molecule has 1 aliphatic rings. The molecule has 4 rings (SSSR count). The number of nitrogens with zero attached hydrogens (tertiary/aromatic N) is 4. The van der Waals surface area contributed by atoms with Crippen LogP contribution in [0.2, 0.25) is 0 Å². The standard InChI is InChI=1S/C19H18N4O4/c1-24-14-5-4-12(9-15(14)25-2)18-23-22-16(27-18)10-13-8-11-6-7-20-19(26-3)17(11)21-13/h4-7,9H,8,10H2,1-3H3. The number of pyridine rings is 1. The molecule has 0 saturated carbocycles. The zero-order chi connectivity index (χ0) is 18.8. The van der Waals surface area contributed by atoms with E-state index in [1.165, 1.54) is 0 Å². The summed E-state index contributed by atoms with van der Waals surface area (Å²) in [4.78, 5) is 8.80. The van der Waals surface area contributed by atoms with Crippen LogP contribution in [0.15, 0.2) is 39.9 Å². The Morgan fingerprint density at radius 2 is 1.85 bits per heavy atom. The van der Waals surface area contributed by atoms with Crippen LogP contribution in [0.3, 0.4) is 0 Å². The van der Waals surface area contributed by atoms with E-state index < -0.39 is 0 Å². The Bertz CT molecular complexity index is 1010. The summed E-state index contributed by atoms with van der Waals surface area (Å²) < 4.78 is 21.6. The molecule has 0 aliphatic carbocycles. The predicted molar refractivity (Wildman–Crippen MR) is 98.1 cm³/mol. The summed E-state index contributed by atoms with van der Waals surface area (Å²) in [6, 6.07) is 7.39. The lowest BCUT2D eigenvalue weighted by Crippen LogP contribution is -2.02. The molecule has 0 bridgehead atoms. The molecule has 8 heteroatoms. The van der Waals surface area contributed by atoms with Crippen LogP contribution < -0.4 is 14.2 Å². The third-order valence-electron chi connectivity index (χ3n) is 4.28. The van der Waals surface area contributed by atoms with Gasteiger partial charge in [-0.2, -0.15) is 0 Å². The highest BCUT2D eigenvalue weighted by Gasteiger charge is 2.21. The molecule has 0 atom stereocenters. The van der Waals surface area contributed by atoms with Crippen molar-refractivity contribution in [1.29, 1.82) is 0 Å². The van der Waals surface area contributed by atoms with Crippen LogP contribution in [0.1, 0.15) is 11.5 Å². The summed E-state index contributed by atoms with van der Waals surface area (Å²) in [7, 11) is 4.76. The number of hydrogen-bond acceptors (Lipinski definition) is 8. The largest absolute Gasteiger partial charge is 0.493 e. The van der Waals surface area contributed by atoms with E-state index in [1.807, 2.05) is 12.1 Å². The number of benzene rings is 1. The smallest absolute Gasteiger partial charge is 0.247 e. The third kappa shape index (κ3) is 3.21. The summed E-state index contributed by atoms with van der Waals surface area (Å²) in [5, 5.41) is 8.28. The van der Waals surface area contributed by atoms with Gasteiger partial charge in [-0.05, 0) is 29.8 Å². The predicted octanol–water partition coefficient (Wildman–Crippen LogP) is 3.03. The summed E-state index contributed by atoms with van der Waals surface area (Å²) in [5.74, 6) is 2.69. The number of ether oxygens (including phenoxy) is 3. The SMILES string of the molecule is COc1ccc(-c2nnc(CC3=Nc4c(ccnc4OC)C3)o2)cc1OC. The highest BCUT2D eigenvalue weighted by Crippen LogP contribution is 2.35. The number of aliphatic imine (C=N–C) groups is 1. The summed E-state index contributed by atoms with van der Waals surface area (Å²) >= 11 is 0. The van der Waals surface area contributed by atoms with Gasteiger partial charge >= 0.3 is 0 Å². The lowest BCUT2D eigenvalue weighted by atomic mass is 10.1. The first-order valence-electron chi connectivity index (χ1n) is 8.35. The van der Waals surface area contributed by atoms with Gasteiger partial charge in [-0.1, -0.05) is 0 Å². The van der Waals surface area contributed by atoms with E-state index in [1.54, 1.807) is 39.7 Å². The maximum atomic E-state index is 5.81. The molecule has 0 radical (unpaired) electrons. The van der Waals surface area contributed by atoms with Crippen LogP contribution >= 0.6 is 0 Å². The zero-order valence-electron chi connectivity index (χ0n) is 15.2. The minimum Gasteiger partial charge on any atom is -0.493 e. The van der Waals surface area contributed by atoms with Crippen LogP contribution in [0.5, 0.6) is 17.4 Å². The summed E-state index contributed by atoms with van der Waals surface area (Å²) in [5.41, 5.74) is 3.54. The Balaban J connectivity index is 1.54. The van der Waals surface area contributed by atoms with Crippen molar-refractivity contribution in [3.8, 4) is 28.8 Å². The van der Waals surface area contributed by atoms with Gasteiger partial charge in [-0.3, -0.25) is 4.99 Å². The molecule has 138 valence electrons. The topological polar surface area (TPSA) is 91.9 Å². The molecule has 0 unspecified atom stereocenters. The normalized spacial score (nSPS) is 12.5. The highest BCUT2D eigenvalue weighted by molar-refractivity contribution is 5.95. The van der Waals surface area contributed by atoms with Crippen LogP contribution in [-0.4, -0.2) is 42.2 Å². The van der Waals surface area contributed by atoms with Crippen molar-refractivity contribution in [1.82, 2.24) is 15.2 Å². The average molecular weight is 366 g/mol. The molecule has 8 nitrogen and oxygen atoms in total. The van der Waals surface area contributed by atoms with E-state index in [-0.39, 0.29) is 0 Å². The minimum atomic E-state index is 0.418. The van der Waals surface area contributed by atoms with Gasteiger partial charge in [0.2, 0.25) is 17.7 Å². The fourth-order valence-electron chi connectivity index (χ4n) is 2.99. The highest BCUT2D eigenvalue weighted by atomic mass is 16.5. The molecule has 2 aromatic heterocycles. The van der Waals surface area contributed by atoms with Crippen molar-refractivity contribution in [3.63, 3.8) is 0 Å². The molecule has 0 spiro atoms. The Morgan fingerprint density at radius 1 is 1.00 bits per heavy atom. The molecule has 3 aromatic rings. The monoisotopic (exact) mass is 366 g/mol. The Kier molecular flexibility index (Phi) is 4.45. The van der Waals surface area contributed by atoms with Crippen LogP contribution in [0.4, 0.5) is 5.69 Å². The van der Waals surface area contributed by atoms with Gasteiger partial charge in [-0.25, -0.2) is 4.98 Å². The lowest BCUT2D eigenvalue weighted by Gasteiger charge is -2.07. The number of methoxy groups -OCH3 is 3. The van der Waals surface area contributed by atoms with E-state index >= 15 is 0 Å². The number of aromatic nitrogens is 3. The van der Waals surface area contributed by atoms with E-state index in [0.717, 1.165) is 22.5 Å². The number of fused-ring (bicyclic) bond motifs is 1. The van der Waals surface area contributed by atoms with Crippen molar-refractivity contribution in [2.75, 3.05) is 21.3 Å². The average Bonchev–Trinajstić information content (AvgIpc) is 3.33. The van der Waals surface area contributed by atoms with Gasteiger partial charge < -0.3 is 18.6 Å². The van der Waals surface area contributed by atoms with Crippen LogP contribution in [0, 0.1) is 0 Å². The van der Waals surface area contributed by atoms with Crippen molar-refractivity contribution in [2.24, 2.45) is 4.99 Å². The minimum absolute atomic E-state index is 0.418. The second kappa shape index (κ2) is 7.06. The number of rotatable bonds is 6. The molecule has 1 aromatic carbocycles. The van der Waals surface area contributed by atoms with Gasteiger partial charge in [0.05, 0.1) is 27.8 Å². The first-order chi connectivity index (χ1) is 13.2. The number of hydrogen-bond donors (Lipinski definition) is 0. The van der Waals surface area contributed by atoms with Crippen molar-refractivity contribution in [3.05, 3.63) is 41.9 Å². The molecule has 1 aliphatic heterocycles. The molecular formula is C19H18N4O4. The van der Waals surface area contributed by atoms with Gasteiger partial charge in [0, 0.05) is 23.9 Å². The van der Waals surface area contributed by atoms with Crippen molar-refractivity contribution in [2.45, 2.75) is 12.8 Å². The van der Waals surface area contributed by atoms with E-state index in [9.17, 15) is 0 Å². The zero-order valence-corrected chi connectivity index (χ0v) is 15.2. The van der Waals surface area contributed by atoms with Crippen molar-refractivity contribution >= 4 is 11.4 Å². The van der Waals surface area contributed by atoms with E-state index in [0.29, 0.717) is 42.0 Å². The maximum absolute atomic E-state index is 5.81. The molecule has 27 heavy (non-hydrogen) atoms. The van der Waals surface area contributed by atoms with E-state index in [2.05, 4.69) is 20.2 Å². The molecular weight excluding hydrogens is 348 g/mol. The lowest BCUT2D eigenvalue weighted by molar-refractivity contribution is 0.355. The summed E-state index contributed by atoms with van der Waals surface area (Å²) in [6.45, 7) is 0. The maximum Gasteiger partial charge on any atom is 0.247 e. The molecule has 0 saturated heterocycles. The second-order valence-corrected chi connectivity index (χ2v) is 5.93. The van der Waals surface area contributed by atoms with Crippen LogP contribution in [0.25, 0.3) is 11.5 Å². The quantitative estimate of drug-likeness (QED) is 0.662. The Labute approximate surface area is 155 Å². The van der Waals surface area contributed by atoms with Gasteiger partial charge in [-0.15, -0.1) is 10.2 Å². The van der Waals surface area contributed by atoms with Crippen molar-refractivity contribution < 1.29 is 18.6 Å². The first-order valence-corrected chi connectivity index (χ1v) is 8.35. The first kappa shape index (κ1) is 17.0. The molecule has 0 fully saturated rings. The molecule has 3 heterocycles. The molecule has 0 amide bonds. The van der Waals surface area contributed by atoms with Gasteiger partial charge in [0.15, 0.2) is 11.5 Å². The summed E-state index contributed by atoms with van der Waals surface area (Å²) in [6.07, 6.45) is 2.90. The van der Waals surface area contributed by atoms with Gasteiger partial charge in [0.1, 0.15) is 5.69 Å². The fraction of sp³-hybridized carbons (Fsp3) is 0.263. The molecule has 0 N–H and O–H groups in total. The van der Waals surface area contributed by atoms with Gasteiger partial charge in [0.25, 0.3) is 0 Å². The Morgan fingerprint density at radius 3 is 2.63 bits per heavy atom.